The van der Waals surface area contributed by atoms with Crippen LogP contribution in [-0.4, -0.2) is 59.4 Å². The van der Waals surface area contributed by atoms with E-state index >= 15 is 0 Å². The van der Waals surface area contributed by atoms with E-state index in [1.165, 1.54) is 30.6 Å². The van der Waals surface area contributed by atoms with Crippen LogP contribution in [0.4, 0.5) is 30.8 Å². The molecule has 5 heterocycles. The molecule has 4 aromatic heterocycles. The zero-order chi connectivity index (χ0) is 28.0. The molecule has 0 aliphatic carbocycles. The predicted molar refractivity (Wildman–Crippen MR) is 144 cm³/mol. The number of carbonyl (C=O) groups excluding carboxylic acids is 1. The molecular weight excluding hydrogens is 525 g/mol. The van der Waals surface area contributed by atoms with E-state index in [0.717, 1.165) is 40.9 Å². The summed E-state index contributed by atoms with van der Waals surface area (Å²) >= 11 is 0. The minimum Gasteiger partial charge on any atom is -0.348 e. The summed E-state index contributed by atoms with van der Waals surface area (Å²) < 4.78 is 45.2. The Morgan fingerprint density at radius 2 is 2.08 bits per heavy atom. The van der Waals surface area contributed by atoms with Gasteiger partial charge >= 0.3 is 6.18 Å². The fourth-order valence-corrected chi connectivity index (χ4v) is 5.11. The lowest BCUT2D eigenvalue weighted by atomic mass is 10.1. The number of H-pyrrole nitrogens is 1. The van der Waals surface area contributed by atoms with E-state index in [1.54, 1.807) is 12.1 Å². The normalized spacial score (nSPS) is 16.0. The molecule has 1 aliphatic rings. The Kier molecular flexibility index (Phi) is 6.16. The number of anilines is 3. The third-order valence-electron chi connectivity index (χ3n) is 6.92. The van der Waals surface area contributed by atoms with Gasteiger partial charge in [-0.15, -0.1) is 5.10 Å². The second-order valence-electron chi connectivity index (χ2n) is 9.58. The molecule has 0 saturated carbocycles. The Morgan fingerprint density at radius 3 is 2.83 bits per heavy atom. The van der Waals surface area contributed by atoms with Crippen LogP contribution in [0.5, 0.6) is 0 Å². The number of alkyl halides is 3. The number of fused-ring (bicyclic) bond motifs is 2. The number of hydrogen-bond donors (Lipinski definition) is 3. The van der Waals surface area contributed by atoms with E-state index in [9.17, 15) is 18.0 Å². The van der Waals surface area contributed by atoms with Crippen LogP contribution in [0, 0.1) is 0 Å². The van der Waals surface area contributed by atoms with Crippen molar-refractivity contribution in [3.05, 3.63) is 61.1 Å². The lowest BCUT2D eigenvalue weighted by Gasteiger charge is -2.33. The lowest BCUT2D eigenvalue weighted by molar-refractivity contribution is -0.142. The molecule has 0 bridgehead atoms. The summed E-state index contributed by atoms with van der Waals surface area (Å²) in [5.41, 5.74) is 1.68. The molecule has 0 radical (unpaired) electrons. The number of imidazole rings is 1. The average Bonchev–Trinajstić information content (AvgIpc) is 3.66. The molecule has 5 aromatic rings. The first kappa shape index (κ1) is 25.4. The quantitative estimate of drug-likeness (QED) is 0.271. The van der Waals surface area contributed by atoms with Crippen molar-refractivity contribution in [2.24, 2.45) is 7.05 Å². The number of amides is 1. The van der Waals surface area contributed by atoms with Crippen LogP contribution in [0.2, 0.25) is 0 Å². The van der Waals surface area contributed by atoms with Crippen molar-refractivity contribution >= 4 is 40.2 Å². The molecule has 206 valence electrons. The molecule has 1 fully saturated rings. The van der Waals surface area contributed by atoms with Gasteiger partial charge in [-0.3, -0.25) is 9.89 Å². The number of aromatic amines is 1. The number of hydrogen-bond acceptors (Lipinski definition) is 7. The zero-order valence-corrected chi connectivity index (χ0v) is 21.4. The Bertz CT molecular complexity index is 1720. The first-order valence-corrected chi connectivity index (χ1v) is 12.6. The fraction of sp³-hybridized carbons (Fsp3) is 0.269. The SMILES string of the molecule is C=CC(=O)Nc1ccc2c(c1)nc(N1CCC[C@@H](Nc3nc4ccc(-c5cn[nH]c5)c(C(F)(F)F)n4n3)C1)n2C. The zero-order valence-electron chi connectivity index (χ0n) is 21.4. The number of nitrogens with zero attached hydrogens (tertiary/aromatic N) is 7. The van der Waals surface area contributed by atoms with Crippen LogP contribution >= 0.6 is 0 Å². The van der Waals surface area contributed by atoms with Gasteiger partial charge in [-0.05, 0) is 49.2 Å². The first-order valence-electron chi connectivity index (χ1n) is 12.6. The highest BCUT2D eigenvalue weighted by atomic mass is 19.4. The van der Waals surface area contributed by atoms with Crippen molar-refractivity contribution in [3.63, 3.8) is 0 Å². The smallest absolute Gasteiger partial charge is 0.348 e. The number of rotatable bonds is 6. The molecule has 1 aliphatic heterocycles. The molecule has 1 atom stereocenters. The van der Waals surface area contributed by atoms with Gasteiger partial charge in [-0.2, -0.15) is 23.3 Å². The Labute approximate surface area is 225 Å². The molecule has 14 heteroatoms. The lowest BCUT2D eigenvalue weighted by Crippen LogP contribution is -2.43. The summed E-state index contributed by atoms with van der Waals surface area (Å²) in [4.78, 5) is 22.9. The highest BCUT2D eigenvalue weighted by Crippen LogP contribution is 2.37. The minimum absolute atomic E-state index is 0.0388. The van der Waals surface area contributed by atoms with E-state index < -0.39 is 11.9 Å². The van der Waals surface area contributed by atoms with Gasteiger partial charge in [-0.1, -0.05) is 6.58 Å². The van der Waals surface area contributed by atoms with Gasteiger partial charge in [0.2, 0.25) is 17.8 Å². The Morgan fingerprint density at radius 1 is 1.23 bits per heavy atom. The monoisotopic (exact) mass is 550 g/mol. The van der Waals surface area contributed by atoms with E-state index in [2.05, 4.69) is 42.4 Å². The average molecular weight is 551 g/mol. The summed E-state index contributed by atoms with van der Waals surface area (Å²) in [6.45, 7) is 4.79. The summed E-state index contributed by atoms with van der Waals surface area (Å²) in [7, 11) is 1.92. The van der Waals surface area contributed by atoms with Gasteiger partial charge in [0.1, 0.15) is 0 Å². The van der Waals surface area contributed by atoms with Gasteiger partial charge < -0.3 is 20.1 Å². The number of carbonyl (C=O) groups is 1. The fourth-order valence-electron chi connectivity index (χ4n) is 5.11. The molecule has 1 saturated heterocycles. The van der Waals surface area contributed by atoms with E-state index in [1.807, 2.05) is 17.7 Å². The Hall–Kier alpha value is -4.88. The van der Waals surface area contributed by atoms with Crippen LogP contribution in [0.1, 0.15) is 18.5 Å². The molecular formula is C26H25F3N10O. The maximum absolute atomic E-state index is 14.1. The second-order valence-corrected chi connectivity index (χ2v) is 9.58. The maximum Gasteiger partial charge on any atom is 0.434 e. The highest BCUT2D eigenvalue weighted by Gasteiger charge is 2.38. The summed E-state index contributed by atoms with van der Waals surface area (Å²) in [6.07, 6.45) is 0.917. The van der Waals surface area contributed by atoms with Gasteiger partial charge in [0.15, 0.2) is 11.3 Å². The molecule has 40 heavy (non-hydrogen) atoms. The third-order valence-corrected chi connectivity index (χ3v) is 6.92. The van der Waals surface area contributed by atoms with Crippen molar-refractivity contribution < 1.29 is 18.0 Å². The van der Waals surface area contributed by atoms with Crippen molar-refractivity contribution in [2.45, 2.75) is 25.1 Å². The number of halogens is 3. The number of aryl methyl sites for hydroxylation is 1. The molecule has 0 unspecified atom stereocenters. The number of aromatic nitrogens is 7. The number of piperidine rings is 1. The van der Waals surface area contributed by atoms with Crippen LogP contribution in [0.25, 0.3) is 27.8 Å². The van der Waals surface area contributed by atoms with Gasteiger partial charge in [0.05, 0.1) is 17.2 Å². The number of benzene rings is 1. The first-order chi connectivity index (χ1) is 19.2. The second kappa shape index (κ2) is 9.70. The molecule has 1 aromatic carbocycles. The van der Waals surface area contributed by atoms with Crippen molar-refractivity contribution in [1.82, 2.24) is 34.3 Å². The highest BCUT2D eigenvalue weighted by molar-refractivity contribution is 6.00. The van der Waals surface area contributed by atoms with Crippen LogP contribution in [0.3, 0.4) is 0 Å². The van der Waals surface area contributed by atoms with Crippen molar-refractivity contribution in [3.8, 4) is 11.1 Å². The summed E-state index contributed by atoms with van der Waals surface area (Å²) in [6, 6.07) is 8.27. The topological polar surface area (TPSA) is 121 Å². The Balaban J connectivity index is 1.25. The van der Waals surface area contributed by atoms with Crippen molar-refractivity contribution in [2.75, 3.05) is 28.6 Å². The third kappa shape index (κ3) is 4.61. The van der Waals surface area contributed by atoms with Crippen LogP contribution < -0.4 is 15.5 Å². The standard InChI is InChI=1S/C26H25F3N10O/c1-3-22(40)32-16-6-8-20-19(11-16)34-25(37(20)2)38-10-4-5-17(14-38)33-24-35-21-9-7-18(15-12-30-31-13-15)23(26(27,28)29)39(21)36-24/h3,6-9,11-13,17H,1,4-5,10,14H2,2H3,(H,30,31)(H,32,40)(H,33,36)/t17-/m1/s1. The molecule has 1 amide bonds. The van der Waals surface area contributed by atoms with E-state index in [0.29, 0.717) is 17.8 Å². The molecule has 0 spiro atoms. The summed E-state index contributed by atoms with van der Waals surface area (Å²) in [5, 5.41) is 16.5. The molecule has 6 rings (SSSR count). The van der Waals surface area contributed by atoms with Gasteiger partial charge in [0.25, 0.3) is 0 Å². The minimum atomic E-state index is -4.66. The largest absolute Gasteiger partial charge is 0.434 e. The van der Waals surface area contributed by atoms with Gasteiger partial charge in [0, 0.05) is 49.2 Å². The summed E-state index contributed by atoms with van der Waals surface area (Å²) in [5.74, 6) is 0.566. The van der Waals surface area contributed by atoms with Crippen molar-refractivity contribution in [1.29, 1.82) is 0 Å². The van der Waals surface area contributed by atoms with Crippen LogP contribution in [0.15, 0.2) is 55.4 Å². The number of nitrogens with one attached hydrogen (secondary N) is 3. The predicted octanol–water partition coefficient (Wildman–Crippen LogP) is 4.23. The number of pyridine rings is 1. The van der Waals surface area contributed by atoms with E-state index in [4.69, 9.17) is 4.98 Å². The molecule has 11 nitrogen and oxygen atoms in total. The molecule has 3 N–H and O–H groups in total. The van der Waals surface area contributed by atoms with E-state index in [-0.39, 0.29) is 29.1 Å². The maximum atomic E-state index is 14.1. The van der Waals surface area contributed by atoms with Gasteiger partial charge in [-0.25, -0.2) is 9.50 Å². The van der Waals surface area contributed by atoms with Crippen LogP contribution in [-0.2, 0) is 18.0 Å².